The van der Waals surface area contributed by atoms with Crippen molar-refractivity contribution in [2.75, 3.05) is 5.88 Å². The van der Waals surface area contributed by atoms with Crippen LogP contribution in [0.4, 0.5) is 0 Å². The second-order valence-corrected chi connectivity index (χ2v) is 1.30. The van der Waals surface area contributed by atoms with Gasteiger partial charge in [-0.15, -0.1) is 11.6 Å². The normalized spacial score (nSPS) is 9.88. The average molecular weight is 136 g/mol. The second kappa shape index (κ2) is 4.96. The summed E-state index contributed by atoms with van der Waals surface area (Å²) in [5.74, 6) is 0.298. The van der Waals surface area contributed by atoms with Crippen LogP contribution < -0.4 is 0 Å². The van der Waals surface area contributed by atoms with Gasteiger partial charge in [-0.25, -0.2) is 0 Å². The lowest BCUT2D eigenvalue weighted by Crippen LogP contribution is -2.12. The molecule has 2 N–H and O–H groups in total. The lowest BCUT2D eigenvalue weighted by molar-refractivity contribution is 0.257. The summed E-state index contributed by atoms with van der Waals surface area (Å²) in [6.45, 7) is 0. The van der Waals surface area contributed by atoms with E-state index >= 15 is 0 Å². The Balaban J connectivity index is 3.03. The van der Waals surface area contributed by atoms with Crippen LogP contribution in [0, 0.1) is 0 Å². The van der Waals surface area contributed by atoms with E-state index in [1.807, 2.05) is 0 Å². The quantitative estimate of drug-likeness (QED) is 0.319. The van der Waals surface area contributed by atoms with Crippen molar-refractivity contribution in [1.82, 2.24) is 0 Å². The van der Waals surface area contributed by atoms with Gasteiger partial charge in [0, 0.05) is 5.88 Å². The van der Waals surface area contributed by atoms with E-state index in [4.69, 9.17) is 21.6 Å². The highest BCUT2D eigenvalue weighted by Crippen LogP contribution is 1.80. The zero-order valence-electron chi connectivity index (χ0n) is 4.12. The molecule has 0 spiro atoms. The zero-order valence-corrected chi connectivity index (χ0v) is 4.88. The average Bonchev–Trinajstić information content (AvgIpc) is 1.66. The zero-order chi connectivity index (χ0) is 6.41. The molecule has 0 rings (SSSR count). The summed E-state index contributed by atoms with van der Waals surface area (Å²) < 4.78 is 4.13. The third-order valence-electron chi connectivity index (χ3n) is 0.386. The molecular formula is C3H6BClO3. The van der Waals surface area contributed by atoms with Crippen LogP contribution in [0.1, 0.15) is 0 Å². The van der Waals surface area contributed by atoms with E-state index in [-0.39, 0.29) is 0 Å². The predicted octanol–water partition coefficient (Wildman–Crippen LogP) is -0.275. The molecule has 0 aliphatic heterocycles. The number of allylic oxidation sites excluding steroid dienone is 1. The van der Waals surface area contributed by atoms with Crippen LogP contribution in [0.25, 0.3) is 0 Å². The molecule has 0 aliphatic carbocycles. The SMILES string of the molecule is OB(O)O/C=C/CCl. The fourth-order valence-electron chi connectivity index (χ4n) is 0.162. The van der Waals surface area contributed by atoms with Crippen molar-refractivity contribution < 1.29 is 14.7 Å². The number of hydrogen-bond donors (Lipinski definition) is 2. The molecule has 0 aromatic rings. The molecule has 0 radical (unpaired) electrons. The molecule has 0 atom stereocenters. The minimum Gasteiger partial charge on any atom is -0.519 e. The van der Waals surface area contributed by atoms with Crippen molar-refractivity contribution in [3.8, 4) is 0 Å². The van der Waals surface area contributed by atoms with Crippen molar-refractivity contribution >= 4 is 18.9 Å². The first kappa shape index (κ1) is 7.81. The topological polar surface area (TPSA) is 49.7 Å². The Kier molecular flexibility index (Phi) is 4.85. The van der Waals surface area contributed by atoms with Crippen LogP contribution in [0.5, 0.6) is 0 Å². The molecule has 46 valence electrons. The molecule has 0 fully saturated rings. The molecule has 8 heavy (non-hydrogen) atoms. The molecule has 0 bridgehead atoms. The van der Waals surface area contributed by atoms with Gasteiger partial charge in [0.25, 0.3) is 0 Å². The van der Waals surface area contributed by atoms with Crippen molar-refractivity contribution in [2.45, 2.75) is 0 Å². The summed E-state index contributed by atoms with van der Waals surface area (Å²) in [6.07, 6.45) is 2.57. The Morgan fingerprint density at radius 1 is 1.62 bits per heavy atom. The molecule has 0 heterocycles. The highest BCUT2D eigenvalue weighted by atomic mass is 35.5. The fraction of sp³-hybridized carbons (Fsp3) is 0.333. The Morgan fingerprint density at radius 2 is 2.25 bits per heavy atom. The summed E-state index contributed by atoms with van der Waals surface area (Å²) in [6, 6.07) is 0. The fourth-order valence-corrected chi connectivity index (χ4v) is 0.235. The molecule has 0 aromatic carbocycles. The third kappa shape index (κ3) is 5.81. The Labute approximate surface area is 52.7 Å². The standard InChI is InChI=1S/C3H6BClO3/c5-2-1-3-8-4(6)7/h1,3,6-7H,2H2/b3-1+. The van der Waals surface area contributed by atoms with Crippen molar-refractivity contribution in [3.63, 3.8) is 0 Å². The lowest BCUT2D eigenvalue weighted by Gasteiger charge is -1.92. The monoisotopic (exact) mass is 136 g/mol. The van der Waals surface area contributed by atoms with Crippen molar-refractivity contribution in [3.05, 3.63) is 12.3 Å². The first-order valence-electron chi connectivity index (χ1n) is 2.00. The van der Waals surface area contributed by atoms with Gasteiger partial charge in [0.2, 0.25) is 0 Å². The highest BCUT2D eigenvalue weighted by Gasteiger charge is 2.04. The Bertz CT molecular complexity index is 74.9. The van der Waals surface area contributed by atoms with E-state index in [1.54, 1.807) is 0 Å². The highest BCUT2D eigenvalue weighted by molar-refractivity contribution is 6.32. The van der Waals surface area contributed by atoms with Crippen LogP contribution >= 0.6 is 11.6 Å². The largest absolute Gasteiger partial charge is 0.707 e. The number of alkyl halides is 1. The Morgan fingerprint density at radius 3 is 2.62 bits per heavy atom. The molecule has 0 aromatic heterocycles. The second-order valence-electron chi connectivity index (χ2n) is 0.988. The minimum atomic E-state index is -1.74. The number of hydrogen-bond acceptors (Lipinski definition) is 3. The smallest absolute Gasteiger partial charge is 0.519 e. The first-order chi connectivity index (χ1) is 3.77. The van der Waals surface area contributed by atoms with Gasteiger partial charge in [0.1, 0.15) is 0 Å². The molecule has 0 saturated heterocycles. The maximum Gasteiger partial charge on any atom is 0.707 e. The van der Waals surface area contributed by atoms with E-state index in [9.17, 15) is 0 Å². The van der Waals surface area contributed by atoms with Gasteiger partial charge >= 0.3 is 7.32 Å². The summed E-state index contributed by atoms with van der Waals surface area (Å²) >= 11 is 5.15. The molecule has 0 amide bonds. The molecular weight excluding hydrogens is 130 g/mol. The van der Waals surface area contributed by atoms with E-state index in [0.717, 1.165) is 6.26 Å². The van der Waals surface area contributed by atoms with Gasteiger partial charge in [0.15, 0.2) is 0 Å². The maximum atomic E-state index is 8.02. The summed E-state index contributed by atoms with van der Waals surface area (Å²) in [7, 11) is -1.74. The van der Waals surface area contributed by atoms with Gasteiger partial charge in [-0.3, -0.25) is 0 Å². The van der Waals surface area contributed by atoms with Gasteiger partial charge in [-0.05, 0) is 6.08 Å². The van der Waals surface area contributed by atoms with E-state index in [2.05, 4.69) is 4.65 Å². The first-order valence-corrected chi connectivity index (χ1v) is 2.53. The van der Waals surface area contributed by atoms with Crippen LogP contribution in [0.15, 0.2) is 12.3 Å². The van der Waals surface area contributed by atoms with Crippen LogP contribution in [0.3, 0.4) is 0 Å². The van der Waals surface area contributed by atoms with Gasteiger partial charge < -0.3 is 14.7 Å². The summed E-state index contributed by atoms with van der Waals surface area (Å²) in [5, 5.41) is 16.0. The molecule has 0 unspecified atom stereocenters. The summed E-state index contributed by atoms with van der Waals surface area (Å²) in [4.78, 5) is 0. The maximum absolute atomic E-state index is 8.02. The van der Waals surface area contributed by atoms with Crippen LogP contribution in [0.2, 0.25) is 0 Å². The van der Waals surface area contributed by atoms with Crippen LogP contribution in [-0.2, 0) is 4.65 Å². The summed E-state index contributed by atoms with van der Waals surface area (Å²) in [5.41, 5.74) is 0. The predicted molar refractivity (Wildman–Crippen MR) is 31.1 cm³/mol. The van der Waals surface area contributed by atoms with Crippen LogP contribution in [-0.4, -0.2) is 23.2 Å². The van der Waals surface area contributed by atoms with E-state index < -0.39 is 7.32 Å². The van der Waals surface area contributed by atoms with Crippen molar-refractivity contribution in [1.29, 1.82) is 0 Å². The van der Waals surface area contributed by atoms with Crippen molar-refractivity contribution in [2.24, 2.45) is 0 Å². The van der Waals surface area contributed by atoms with Gasteiger partial charge in [-0.1, -0.05) is 0 Å². The molecule has 3 nitrogen and oxygen atoms in total. The lowest BCUT2D eigenvalue weighted by atomic mass is 10.3. The van der Waals surface area contributed by atoms with E-state index in [0.29, 0.717) is 5.88 Å². The number of rotatable bonds is 3. The Hall–Kier alpha value is -0.185. The molecule has 0 saturated carbocycles. The third-order valence-corrected chi connectivity index (χ3v) is 0.564. The number of halogens is 1. The minimum absolute atomic E-state index is 0.298. The van der Waals surface area contributed by atoms with Gasteiger partial charge in [-0.2, -0.15) is 0 Å². The molecule has 5 heteroatoms. The van der Waals surface area contributed by atoms with E-state index in [1.165, 1.54) is 6.08 Å². The van der Waals surface area contributed by atoms with Gasteiger partial charge in [0.05, 0.1) is 6.26 Å². The molecule has 0 aliphatic rings.